The number of hydrogen-bond acceptors (Lipinski definition) is 4. The van der Waals surface area contributed by atoms with Crippen LogP contribution in [0.4, 0.5) is 0 Å². The Kier molecular flexibility index (Phi) is 5.36. The van der Waals surface area contributed by atoms with Gasteiger partial charge >= 0.3 is 0 Å². The molecule has 1 heterocycles. The van der Waals surface area contributed by atoms with Crippen molar-refractivity contribution < 1.29 is 13.2 Å². The molecule has 0 unspecified atom stereocenters. The first-order chi connectivity index (χ1) is 9.96. The van der Waals surface area contributed by atoms with Crippen molar-refractivity contribution in [2.75, 3.05) is 11.5 Å². The molecule has 1 amide bonds. The zero-order valence-electron chi connectivity index (χ0n) is 12.0. The minimum Gasteiger partial charge on any atom is -0.352 e. The van der Waals surface area contributed by atoms with Gasteiger partial charge in [-0.1, -0.05) is 30.3 Å². The number of hydrogen-bond donors (Lipinski definition) is 2. The number of amides is 1. The molecular formula is C15H22N2O3S. The summed E-state index contributed by atoms with van der Waals surface area (Å²) in [4.78, 5) is 12.0. The number of sulfone groups is 1. The number of carbonyl (C=O) groups excluding carboxylic acids is 1. The molecule has 0 spiro atoms. The third-order valence-electron chi connectivity index (χ3n) is 3.82. The molecule has 0 saturated carbocycles. The Morgan fingerprint density at radius 1 is 1.24 bits per heavy atom. The maximum Gasteiger partial charge on any atom is 0.237 e. The van der Waals surface area contributed by atoms with Gasteiger partial charge in [-0.15, -0.1) is 0 Å². The molecule has 0 aliphatic carbocycles. The van der Waals surface area contributed by atoms with Crippen molar-refractivity contribution in [1.82, 2.24) is 5.32 Å². The number of rotatable bonds is 5. The first kappa shape index (κ1) is 16.0. The molecule has 1 aliphatic rings. The number of benzene rings is 1. The van der Waals surface area contributed by atoms with Crippen molar-refractivity contribution in [3.8, 4) is 0 Å². The Bertz CT molecular complexity index is 558. The van der Waals surface area contributed by atoms with E-state index in [0.29, 0.717) is 19.3 Å². The molecular weight excluding hydrogens is 288 g/mol. The van der Waals surface area contributed by atoms with E-state index >= 15 is 0 Å². The summed E-state index contributed by atoms with van der Waals surface area (Å²) in [5.74, 6) is 0.115. The number of nitrogens with one attached hydrogen (secondary N) is 1. The van der Waals surface area contributed by atoms with Crippen LogP contribution in [-0.2, 0) is 21.1 Å². The highest BCUT2D eigenvalue weighted by Gasteiger charge is 2.26. The number of aryl methyl sites for hydroxylation is 1. The molecule has 1 aromatic rings. The fourth-order valence-electron chi connectivity index (χ4n) is 2.44. The lowest BCUT2D eigenvalue weighted by Crippen LogP contribution is -2.48. The van der Waals surface area contributed by atoms with Crippen LogP contribution in [0.1, 0.15) is 24.8 Å². The molecule has 2 rings (SSSR count). The van der Waals surface area contributed by atoms with Gasteiger partial charge in [0.2, 0.25) is 5.91 Å². The Morgan fingerprint density at radius 2 is 1.86 bits per heavy atom. The lowest BCUT2D eigenvalue weighted by atomic mass is 10.0. The van der Waals surface area contributed by atoms with Gasteiger partial charge in [-0.2, -0.15) is 0 Å². The summed E-state index contributed by atoms with van der Waals surface area (Å²) in [7, 11) is -2.90. The molecule has 0 aromatic heterocycles. The molecule has 1 aromatic carbocycles. The van der Waals surface area contributed by atoms with Crippen molar-refractivity contribution in [2.45, 2.75) is 37.8 Å². The fraction of sp³-hybridized carbons (Fsp3) is 0.533. The van der Waals surface area contributed by atoms with Crippen LogP contribution in [0.3, 0.4) is 0 Å². The molecule has 5 nitrogen and oxygen atoms in total. The van der Waals surface area contributed by atoms with E-state index in [0.717, 1.165) is 12.0 Å². The third kappa shape index (κ3) is 5.13. The Morgan fingerprint density at radius 3 is 2.48 bits per heavy atom. The molecule has 21 heavy (non-hydrogen) atoms. The van der Waals surface area contributed by atoms with E-state index in [1.165, 1.54) is 0 Å². The summed E-state index contributed by atoms with van der Waals surface area (Å²) in [5.41, 5.74) is 7.06. The van der Waals surface area contributed by atoms with Gasteiger partial charge in [0.15, 0.2) is 0 Å². The fourth-order valence-corrected chi connectivity index (χ4v) is 3.93. The monoisotopic (exact) mass is 310 g/mol. The molecule has 116 valence electrons. The normalized spacial score (nSPS) is 19.9. The third-order valence-corrected chi connectivity index (χ3v) is 5.54. The van der Waals surface area contributed by atoms with Gasteiger partial charge < -0.3 is 11.1 Å². The van der Waals surface area contributed by atoms with E-state index in [9.17, 15) is 13.2 Å². The molecule has 6 heteroatoms. The van der Waals surface area contributed by atoms with Crippen molar-refractivity contribution in [1.29, 1.82) is 0 Å². The average Bonchev–Trinajstić information content (AvgIpc) is 2.48. The largest absolute Gasteiger partial charge is 0.352 e. The van der Waals surface area contributed by atoms with Crippen LogP contribution in [0.2, 0.25) is 0 Å². The van der Waals surface area contributed by atoms with Crippen LogP contribution in [0, 0.1) is 0 Å². The van der Waals surface area contributed by atoms with Crippen molar-refractivity contribution in [3.05, 3.63) is 35.9 Å². The highest BCUT2D eigenvalue weighted by Crippen LogP contribution is 2.12. The van der Waals surface area contributed by atoms with Crippen LogP contribution >= 0.6 is 0 Å². The maximum atomic E-state index is 12.0. The predicted octanol–water partition coefficient (Wildman–Crippen LogP) is 0.640. The second kappa shape index (κ2) is 7.04. The summed E-state index contributed by atoms with van der Waals surface area (Å²) < 4.78 is 22.7. The zero-order valence-corrected chi connectivity index (χ0v) is 12.8. The number of nitrogens with two attached hydrogens (primary N) is 1. The standard InChI is InChI=1S/C15H22N2O3S/c16-14(7-6-12-4-2-1-3-5-12)15(18)17-13-8-10-21(19,20)11-9-13/h1-5,13-14H,6-11,16H2,(H,17,18)/t14-/m0/s1. The average molecular weight is 310 g/mol. The highest BCUT2D eigenvalue weighted by atomic mass is 32.2. The molecule has 0 bridgehead atoms. The van der Waals surface area contributed by atoms with E-state index in [1.807, 2.05) is 30.3 Å². The lowest BCUT2D eigenvalue weighted by molar-refractivity contribution is -0.123. The van der Waals surface area contributed by atoms with E-state index in [-0.39, 0.29) is 23.5 Å². The van der Waals surface area contributed by atoms with Gasteiger partial charge in [-0.05, 0) is 31.2 Å². The van der Waals surface area contributed by atoms with Crippen LogP contribution in [0.5, 0.6) is 0 Å². The van der Waals surface area contributed by atoms with Crippen LogP contribution in [0.25, 0.3) is 0 Å². The van der Waals surface area contributed by atoms with E-state index in [1.54, 1.807) is 0 Å². The van der Waals surface area contributed by atoms with Gasteiger partial charge in [0.25, 0.3) is 0 Å². The van der Waals surface area contributed by atoms with Crippen molar-refractivity contribution in [2.24, 2.45) is 5.73 Å². The van der Waals surface area contributed by atoms with Gasteiger partial charge in [0.1, 0.15) is 9.84 Å². The highest BCUT2D eigenvalue weighted by molar-refractivity contribution is 7.91. The second-order valence-electron chi connectivity index (χ2n) is 5.57. The summed E-state index contributed by atoms with van der Waals surface area (Å²) in [5, 5.41) is 2.86. The second-order valence-corrected chi connectivity index (χ2v) is 7.87. The summed E-state index contributed by atoms with van der Waals surface area (Å²) in [6.07, 6.45) is 2.31. The first-order valence-corrected chi connectivity index (χ1v) is 9.09. The smallest absolute Gasteiger partial charge is 0.237 e. The molecule has 0 radical (unpaired) electrons. The SMILES string of the molecule is N[C@@H](CCc1ccccc1)C(=O)NC1CCS(=O)(=O)CC1. The topological polar surface area (TPSA) is 89.3 Å². The lowest BCUT2D eigenvalue weighted by Gasteiger charge is -2.24. The van der Waals surface area contributed by atoms with Gasteiger partial charge in [-0.3, -0.25) is 4.79 Å². The van der Waals surface area contributed by atoms with Crippen molar-refractivity contribution in [3.63, 3.8) is 0 Å². The summed E-state index contributed by atoms with van der Waals surface area (Å²) in [6, 6.07) is 9.28. The van der Waals surface area contributed by atoms with Gasteiger partial charge in [-0.25, -0.2) is 8.42 Å². The maximum absolute atomic E-state index is 12.0. The van der Waals surface area contributed by atoms with Crippen LogP contribution < -0.4 is 11.1 Å². The Hall–Kier alpha value is -1.40. The van der Waals surface area contributed by atoms with E-state index in [2.05, 4.69) is 5.32 Å². The van der Waals surface area contributed by atoms with Crippen molar-refractivity contribution >= 4 is 15.7 Å². The molecule has 1 aliphatic heterocycles. The molecule has 1 saturated heterocycles. The van der Waals surface area contributed by atoms with Gasteiger partial charge in [0, 0.05) is 6.04 Å². The molecule has 3 N–H and O–H groups in total. The Labute approximate surface area is 125 Å². The predicted molar refractivity (Wildman–Crippen MR) is 82.6 cm³/mol. The molecule has 1 atom stereocenters. The van der Waals surface area contributed by atoms with E-state index < -0.39 is 15.9 Å². The quantitative estimate of drug-likeness (QED) is 0.835. The van der Waals surface area contributed by atoms with E-state index in [4.69, 9.17) is 5.73 Å². The summed E-state index contributed by atoms with van der Waals surface area (Å²) >= 11 is 0. The minimum absolute atomic E-state index is 0.0659. The van der Waals surface area contributed by atoms with Crippen LogP contribution in [-0.4, -0.2) is 37.9 Å². The summed E-state index contributed by atoms with van der Waals surface area (Å²) in [6.45, 7) is 0. The van der Waals surface area contributed by atoms with Crippen LogP contribution in [0.15, 0.2) is 30.3 Å². The zero-order chi connectivity index (χ0) is 15.3. The number of carbonyl (C=O) groups is 1. The minimum atomic E-state index is -2.90. The first-order valence-electron chi connectivity index (χ1n) is 7.26. The Balaban J connectivity index is 1.75. The molecule has 1 fully saturated rings. The van der Waals surface area contributed by atoms with Gasteiger partial charge in [0.05, 0.1) is 17.5 Å².